The number of hydrogen-bond acceptors (Lipinski definition) is 4. The van der Waals surface area contributed by atoms with E-state index >= 15 is 0 Å². The van der Waals surface area contributed by atoms with E-state index in [0.717, 1.165) is 0 Å². The maximum absolute atomic E-state index is 10.8. The van der Waals surface area contributed by atoms with E-state index in [0.29, 0.717) is 11.5 Å². The predicted octanol–water partition coefficient (Wildman–Crippen LogP) is 5.46. The van der Waals surface area contributed by atoms with Crippen LogP contribution in [0.3, 0.4) is 0 Å². The third-order valence-electron chi connectivity index (χ3n) is 6.33. The summed E-state index contributed by atoms with van der Waals surface area (Å²) in [6.45, 7) is 2.29. The van der Waals surface area contributed by atoms with Gasteiger partial charge in [-0.2, -0.15) is 8.42 Å². The molecule has 0 atom stereocenters. The van der Waals surface area contributed by atoms with E-state index in [-0.39, 0.29) is 4.90 Å². The van der Waals surface area contributed by atoms with Gasteiger partial charge in [0, 0.05) is 18.2 Å². The summed E-state index contributed by atoms with van der Waals surface area (Å²) in [5.74, 6) is 0.606. The fraction of sp³-hybridized carbons (Fsp3) is 0.200. The Hall–Kier alpha value is -3.18. The molecule has 0 spiro atoms. The van der Waals surface area contributed by atoms with Crippen molar-refractivity contribution in [1.82, 2.24) is 0 Å². The maximum Gasteiger partial charge on any atom is 0.294 e. The van der Waals surface area contributed by atoms with Crippen molar-refractivity contribution in [2.45, 2.75) is 24.7 Å². The summed E-state index contributed by atoms with van der Waals surface area (Å²) in [4.78, 5) is -0.256. The average molecular weight is 539 g/mol. The molecule has 1 N–H and O–H groups in total. The summed E-state index contributed by atoms with van der Waals surface area (Å²) in [6.07, 6.45) is 3.77. The maximum atomic E-state index is 10.8. The van der Waals surface area contributed by atoms with Crippen molar-refractivity contribution in [3.05, 3.63) is 109 Å². The molecule has 7 heteroatoms. The molecular formula is C30H35O5PS. The van der Waals surface area contributed by atoms with Crippen LogP contribution in [0, 0.1) is 0 Å². The summed E-state index contributed by atoms with van der Waals surface area (Å²) in [6, 6.07) is 37.4. The fourth-order valence-corrected chi connectivity index (χ4v) is 10.0. The summed E-state index contributed by atoms with van der Waals surface area (Å²) in [7, 11) is -3.39. The van der Waals surface area contributed by atoms with E-state index in [1.165, 1.54) is 67.3 Å². The minimum absolute atomic E-state index is 0.256. The Kier molecular flexibility index (Phi) is 10.3. The molecule has 0 saturated carbocycles. The van der Waals surface area contributed by atoms with Crippen LogP contribution < -0.4 is 25.4 Å². The zero-order chi connectivity index (χ0) is 26.7. The van der Waals surface area contributed by atoms with Crippen LogP contribution in [0.2, 0.25) is 0 Å². The molecule has 5 nitrogen and oxygen atoms in total. The van der Waals surface area contributed by atoms with E-state index < -0.39 is 17.4 Å². The van der Waals surface area contributed by atoms with Gasteiger partial charge in [-0.25, -0.2) is 0 Å². The molecule has 0 amide bonds. The molecular weight excluding hydrogens is 503 g/mol. The van der Waals surface area contributed by atoms with E-state index in [4.69, 9.17) is 14.0 Å². The van der Waals surface area contributed by atoms with Gasteiger partial charge < -0.3 is 9.47 Å². The number of ether oxygens (including phenoxy) is 2. The van der Waals surface area contributed by atoms with E-state index in [9.17, 15) is 8.42 Å². The molecule has 4 aromatic carbocycles. The molecule has 0 unspecified atom stereocenters. The molecule has 0 aromatic heterocycles. The topological polar surface area (TPSA) is 72.8 Å². The molecule has 0 heterocycles. The molecule has 0 aliphatic carbocycles. The van der Waals surface area contributed by atoms with Crippen LogP contribution >= 0.6 is 7.26 Å². The predicted molar refractivity (Wildman–Crippen MR) is 156 cm³/mol. The molecule has 0 bridgehead atoms. The second-order valence-corrected chi connectivity index (χ2v) is 14.1. The van der Waals surface area contributed by atoms with Crippen LogP contribution in [0.15, 0.2) is 114 Å². The van der Waals surface area contributed by atoms with Crippen LogP contribution in [0.1, 0.15) is 19.8 Å². The molecule has 4 aromatic rings. The number of unbranched alkanes of at least 4 members (excludes halogenated alkanes) is 1. The van der Waals surface area contributed by atoms with Gasteiger partial charge >= 0.3 is 140 Å². The van der Waals surface area contributed by atoms with Crippen molar-refractivity contribution in [3.8, 4) is 11.5 Å². The molecule has 0 radical (unpaired) electrons. The van der Waals surface area contributed by atoms with Gasteiger partial charge in [0.1, 0.15) is 16.4 Å². The number of benzene rings is 4. The van der Waals surface area contributed by atoms with Gasteiger partial charge in [0.05, 0.1) is 14.2 Å². The Morgan fingerprint density at radius 1 is 0.676 bits per heavy atom. The van der Waals surface area contributed by atoms with E-state index in [2.05, 4.69) is 97.9 Å². The van der Waals surface area contributed by atoms with Crippen molar-refractivity contribution >= 4 is 33.3 Å². The fourth-order valence-electron chi connectivity index (χ4n) is 4.47. The largest absolute Gasteiger partial charge is 0.497 e. The van der Waals surface area contributed by atoms with Crippen molar-refractivity contribution < 1.29 is 22.4 Å². The van der Waals surface area contributed by atoms with Crippen LogP contribution in [-0.4, -0.2) is 33.4 Å². The van der Waals surface area contributed by atoms with Crippen LogP contribution in [0.25, 0.3) is 0 Å². The molecule has 0 aliphatic rings. The van der Waals surface area contributed by atoms with Gasteiger partial charge in [0.15, 0.2) is 0 Å². The molecule has 0 aliphatic heterocycles. The number of rotatable bonds is 9. The Morgan fingerprint density at radius 2 is 1.05 bits per heavy atom. The summed E-state index contributed by atoms with van der Waals surface area (Å²) >= 11 is 0. The minimum atomic E-state index is -4.23. The normalized spacial score (nSPS) is 11.7. The summed E-state index contributed by atoms with van der Waals surface area (Å²) in [5.41, 5.74) is 0. The van der Waals surface area contributed by atoms with E-state index in [1.807, 2.05) is 0 Å². The zero-order valence-electron chi connectivity index (χ0n) is 21.5. The SMILES string of the molecule is CCCC[PH](c1ccccc1)(c1ccccc1)c1ccccc1.COc1cc(OC)cc(S(=O)(=O)O)c1. The molecule has 0 saturated heterocycles. The third kappa shape index (κ3) is 7.20. The van der Waals surface area contributed by atoms with Gasteiger partial charge in [-0.1, -0.05) is 0 Å². The summed E-state index contributed by atoms with van der Waals surface area (Å²) < 4.78 is 40.1. The molecule has 0 fully saturated rings. The first-order valence-electron chi connectivity index (χ1n) is 12.2. The Labute approximate surface area is 221 Å². The molecule has 196 valence electrons. The zero-order valence-corrected chi connectivity index (χ0v) is 23.3. The quantitative estimate of drug-likeness (QED) is 0.226. The number of hydrogen-bond donors (Lipinski definition) is 1. The summed E-state index contributed by atoms with van der Waals surface area (Å²) in [5, 5.41) is 4.56. The second-order valence-electron chi connectivity index (χ2n) is 8.63. The van der Waals surface area contributed by atoms with Crippen molar-refractivity contribution in [2.24, 2.45) is 0 Å². The Bertz CT molecular complexity index is 1230. The van der Waals surface area contributed by atoms with E-state index in [1.54, 1.807) is 0 Å². The van der Waals surface area contributed by atoms with Gasteiger partial charge in [-0.05, 0) is 0 Å². The van der Waals surface area contributed by atoms with Crippen LogP contribution in [0.4, 0.5) is 0 Å². The van der Waals surface area contributed by atoms with Gasteiger partial charge in [-0.15, -0.1) is 0 Å². The first kappa shape index (κ1) is 28.4. The standard InChI is InChI=1S/C22H25P.C8H10O5S/c1-2-3-19-23(20-13-7-4-8-14-20,21-15-9-5-10-16-21)22-17-11-6-12-18-22;1-12-6-3-7(13-2)5-8(4-6)14(9,10)11/h4-18,23H,2-3,19H2,1H3;3-5H,1-2H3,(H,9,10,11). The van der Waals surface area contributed by atoms with Crippen LogP contribution in [0.5, 0.6) is 11.5 Å². The Balaban J connectivity index is 0.000000233. The minimum Gasteiger partial charge on any atom is -0.497 e. The van der Waals surface area contributed by atoms with Crippen LogP contribution in [-0.2, 0) is 10.1 Å². The van der Waals surface area contributed by atoms with Crippen molar-refractivity contribution in [2.75, 3.05) is 20.4 Å². The molecule has 37 heavy (non-hydrogen) atoms. The van der Waals surface area contributed by atoms with Gasteiger partial charge in [0.25, 0.3) is 10.1 Å². The average Bonchev–Trinajstić information content (AvgIpc) is 2.95. The van der Waals surface area contributed by atoms with Gasteiger partial charge in [0.2, 0.25) is 0 Å². The van der Waals surface area contributed by atoms with Crippen molar-refractivity contribution in [1.29, 1.82) is 0 Å². The first-order chi connectivity index (χ1) is 17.8. The van der Waals surface area contributed by atoms with Crippen molar-refractivity contribution in [3.63, 3.8) is 0 Å². The monoisotopic (exact) mass is 538 g/mol. The second kappa shape index (κ2) is 13.4. The first-order valence-corrected chi connectivity index (χ1v) is 15.9. The third-order valence-corrected chi connectivity index (χ3v) is 12.2. The molecule has 4 rings (SSSR count). The Morgan fingerprint density at radius 3 is 1.35 bits per heavy atom. The number of methoxy groups -OCH3 is 2. The van der Waals surface area contributed by atoms with Gasteiger partial charge in [-0.3, -0.25) is 4.55 Å². The smallest absolute Gasteiger partial charge is 0.294 e.